The van der Waals surface area contributed by atoms with Crippen LogP contribution in [0.25, 0.3) is 0 Å². The van der Waals surface area contributed by atoms with E-state index in [1.165, 1.54) is 0 Å². The number of para-hydroxylation sites is 1. The summed E-state index contributed by atoms with van der Waals surface area (Å²) in [7, 11) is 1.61. The molecule has 2 unspecified atom stereocenters. The molecule has 0 spiro atoms. The van der Waals surface area contributed by atoms with Crippen molar-refractivity contribution in [3.8, 4) is 5.75 Å². The maximum atomic E-state index is 12.0. The van der Waals surface area contributed by atoms with Gasteiger partial charge < -0.3 is 25.8 Å². The van der Waals surface area contributed by atoms with Gasteiger partial charge in [-0.05, 0) is 36.2 Å². The number of carbonyl (C=O) groups is 1. The second kappa shape index (κ2) is 11.8. The molecule has 30 heavy (non-hydrogen) atoms. The number of fused-ring (bicyclic) bond motifs is 1. The van der Waals surface area contributed by atoms with Crippen molar-refractivity contribution >= 4 is 41.5 Å². The van der Waals surface area contributed by atoms with E-state index < -0.39 is 6.10 Å². The molecule has 2 atom stereocenters. The van der Waals surface area contributed by atoms with Gasteiger partial charge in [0, 0.05) is 31.1 Å². The van der Waals surface area contributed by atoms with Gasteiger partial charge >= 0.3 is 0 Å². The van der Waals surface area contributed by atoms with Gasteiger partial charge in [0.2, 0.25) is 5.91 Å². The molecule has 0 aliphatic carbocycles. The number of rotatable bonds is 7. The highest BCUT2D eigenvalue weighted by Gasteiger charge is 2.24. The fourth-order valence-electron chi connectivity index (χ4n) is 3.35. The molecule has 7 nitrogen and oxygen atoms in total. The molecule has 4 N–H and O–H groups in total. The van der Waals surface area contributed by atoms with Gasteiger partial charge in [0.25, 0.3) is 0 Å². The third-order valence-corrected chi connectivity index (χ3v) is 4.89. The third-order valence-electron chi connectivity index (χ3n) is 4.89. The highest BCUT2D eigenvalue weighted by molar-refractivity contribution is 14.0. The molecule has 0 saturated heterocycles. The Labute approximate surface area is 194 Å². The molecule has 0 saturated carbocycles. The summed E-state index contributed by atoms with van der Waals surface area (Å²) in [4.78, 5) is 16.5. The SMILES string of the molecule is CCNC(=NCC(O)c1ccc(OC)cc1)NCC1CC(=O)Nc2ccccc21.I. The Balaban J connectivity index is 0.00000320. The topological polar surface area (TPSA) is 95.0 Å². The van der Waals surface area contributed by atoms with Gasteiger partial charge in [-0.1, -0.05) is 30.3 Å². The summed E-state index contributed by atoms with van der Waals surface area (Å²) < 4.78 is 5.14. The molecule has 0 radical (unpaired) electrons. The van der Waals surface area contributed by atoms with E-state index in [2.05, 4.69) is 20.9 Å². The van der Waals surface area contributed by atoms with E-state index in [1.807, 2.05) is 55.5 Å². The van der Waals surface area contributed by atoms with E-state index in [9.17, 15) is 9.90 Å². The van der Waals surface area contributed by atoms with Crippen molar-refractivity contribution in [2.75, 3.05) is 32.1 Å². The number of aliphatic hydroxyl groups excluding tert-OH is 1. The van der Waals surface area contributed by atoms with E-state index in [4.69, 9.17) is 4.74 Å². The van der Waals surface area contributed by atoms with Gasteiger partial charge in [0.05, 0.1) is 19.8 Å². The normalized spacial score (nSPS) is 16.6. The minimum atomic E-state index is -0.711. The molecule has 2 aromatic carbocycles. The molecule has 1 aliphatic rings. The fraction of sp³-hybridized carbons (Fsp3) is 0.364. The van der Waals surface area contributed by atoms with Gasteiger partial charge in [-0.3, -0.25) is 9.79 Å². The van der Waals surface area contributed by atoms with Crippen molar-refractivity contribution in [1.29, 1.82) is 0 Å². The highest BCUT2D eigenvalue weighted by Crippen LogP contribution is 2.31. The Morgan fingerprint density at radius 1 is 1.23 bits per heavy atom. The molecule has 162 valence electrons. The van der Waals surface area contributed by atoms with Crippen LogP contribution < -0.4 is 20.7 Å². The predicted molar refractivity (Wildman–Crippen MR) is 130 cm³/mol. The van der Waals surface area contributed by atoms with Crippen molar-refractivity contribution in [3.05, 3.63) is 59.7 Å². The van der Waals surface area contributed by atoms with Crippen LogP contribution in [-0.2, 0) is 4.79 Å². The number of aliphatic imine (C=N–C) groups is 1. The van der Waals surface area contributed by atoms with Crippen molar-refractivity contribution < 1.29 is 14.6 Å². The summed E-state index contributed by atoms with van der Waals surface area (Å²) >= 11 is 0. The van der Waals surface area contributed by atoms with E-state index >= 15 is 0 Å². The van der Waals surface area contributed by atoms with Crippen molar-refractivity contribution in [3.63, 3.8) is 0 Å². The summed E-state index contributed by atoms with van der Waals surface area (Å²) in [6.07, 6.45) is -0.282. The lowest BCUT2D eigenvalue weighted by Gasteiger charge is -2.26. The maximum absolute atomic E-state index is 12.0. The van der Waals surface area contributed by atoms with Crippen LogP contribution in [0.1, 0.15) is 36.5 Å². The zero-order valence-electron chi connectivity index (χ0n) is 17.2. The van der Waals surface area contributed by atoms with E-state index in [0.29, 0.717) is 25.5 Å². The third kappa shape index (κ3) is 6.33. The number of hydrogen-bond acceptors (Lipinski definition) is 4. The van der Waals surface area contributed by atoms with Crippen LogP contribution in [0.2, 0.25) is 0 Å². The summed E-state index contributed by atoms with van der Waals surface area (Å²) in [6, 6.07) is 15.2. The Morgan fingerprint density at radius 2 is 1.97 bits per heavy atom. The van der Waals surface area contributed by atoms with Crippen molar-refractivity contribution in [1.82, 2.24) is 10.6 Å². The number of carbonyl (C=O) groups excluding carboxylic acids is 1. The average Bonchev–Trinajstić information content (AvgIpc) is 2.75. The quantitative estimate of drug-likeness (QED) is 0.254. The molecular weight excluding hydrogens is 495 g/mol. The Hall–Kier alpha value is -2.33. The number of methoxy groups -OCH3 is 1. The van der Waals surface area contributed by atoms with Gasteiger partial charge in [-0.15, -0.1) is 24.0 Å². The van der Waals surface area contributed by atoms with E-state index in [0.717, 1.165) is 22.6 Å². The second-order valence-corrected chi connectivity index (χ2v) is 6.93. The molecule has 0 aromatic heterocycles. The zero-order chi connectivity index (χ0) is 20.6. The van der Waals surface area contributed by atoms with Crippen molar-refractivity contribution in [2.45, 2.75) is 25.4 Å². The number of halogens is 1. The smallest absolute Gasteiger partial charge is 0.225 e. The Kier molecular flexibility index (Phi) is 9.38. The molecule has 1 heterocycles. The molecule has 8 heteroatoms. The summed E-state index contributed by atoms with van der Waals surface area (Å²) in [5.41, 5.74) is 2.77. The first-order valence-corrected chi connectivity index (χ1v) is 9.83. The number of guanidine groups is 1. The molecular formula is C22H29IN4O3. The molecule has 0 fully saturated rings. The highest BCUT2D eigenvalue weighted by atomic mass is 127. The van der Waals surface area contributed by atoms with Gasteiger partial charge in [-0.25, -0.2) is 0 Å². The summed E-state index contributed by atoms with van der Waals surface area (Å²) in [5, 5.41) is 19.8. The van der Waals surface area contributed by atoms with Crippen LogP contribution >= 0.6 is 24.0 Å². The van der Waals surface area contributed by atoms with Crippen LogP contribution in [0, 0.1) is 0 Å². The first-order valence-electron chi connectivity index (χ1n) is 9.83. The van der Waals surface area contributed by atoms with Crippen LogP contribution in [0.3, 0.4) is 0 Å². The predicted octanol–water partition coefficient (Wildman–Crippen LogP) is 3.03. The van der Waals surface area contributed by atoms with Gasteiger partial charge in [0.15, 0.2) is 5.96 Å². The zero-order valence-corrected chi connectivity index (χ0v) is 19.6. The number of amides is 1. The summed E-state index contributed by atoms with van der Waals surface area (Å²) in [6.45, 7) is 3.49. The Bertz CT molecular complexity index is 858. The molecule has 1 aliphatic heterocycles. The van der Waals surface area contributed by atoms with E-state index in [1.54, 1.807) is 7.11 Å². The average molecular weight is 524 g/mol. The number of benzene rings is 2. The summed E-state index contributed by atoms with van der Waals surface area (Å²) in [5.74, 6) is 1.45. The monoisotopic (exact) mass is 524 g/mol. The molecule has 3 rings (SSSR count). The number of nitrogens with one attached hydrogen (secondary N) is 3. The number of nitrogens with zero attached hydrogens (tertiary/aromatic N) is 1. The van der Waals surface area contributed by atoms with Crippen LogP contribution in [0.5, 0.6) is 5.75 Å². The molecule has 2 aromatic rings. The first-order chi connectivity index (χ1) is 14.1. The largest absolute Gasteiger partial charge is 0.497 e. The lowest BCUT2D eigenvalue weighted by molar-refractivity contribution is -0.116. The van der Waals surface area contributed by atoms with Crippen molar-refractivity contribution in [2.24, 2.45) is 4.99 Å². The number of aliphatic hydroxyl groups is 1. The lowest BCUT2D eigenvalue weighted by Crippen LogP contribution is -2.41. The second-order valence-electron chi connectivity index (χ2n) is 6.93. The Morgan fingerprint density at radius 3 is 2.67 bits per heavy atom. The van der Waals surface area contributed by atoms with Crippen LogP contribution in [0.4, 0.5) is 5.69 Å². The minimum Gasteiger partial charge on any atom is -0.497 e. The van der Waals surface area contributed by atoms with Gasteiger partial charge in [0.1, 0.15) is 5.75 Å². The lowest BCUT2D eigenvalue weighted by atomic mass is 9.90. The minimum absolute atomic E-state index is 0. The first kappa shape index (κ1) is 23.9. The molecule has 1 amide bonds. The number of anilines is 1. The van der Waals surface area contributed by atoms with E-state index in [-0.39, 0.29) is 42.3 Å². The van der Waals surface area contributed by atoms with Crippen LogP contribution in [-0.4, -0.2) is 43.7 Å². The number of ether oxygens (including phenoxy) is 1. The maximum Gasteiger partial charge on any atom is 0.225 e. The molecule has 0 bridgehead atoms. The van der Waals surface area contributed by atoms with Crippen LogP contribution in [0.15, 0.2) is 53.5 Å². The fourth-order valence-corrected chi connectivity index (χ4v) is 3.35. The van der Waals surface area contributed by atoms with Gasteiger partial charge in [-0.2, -0.15) is 0 Å². The number of hydrogen-bond donors (Lipinski definition) is 4. The standard InChI is InChI=1S/C22H28N4O3.HI/c1-3-23-22(25-14-20(27)15-8-10-17(29-2)11-9-15)24-13-16-12-21(28)26-19-7-5-4-6-18(16)19;/h4-11,16,20,27H,3,12-14H2,1-2H3,(H,26,28)(H2,23,24,25);1H.